The van der Waals surface area contributed by atoms with E-state index in [0.717, 1.165) is 19.3 Å². The first-order valence-electron chi connectivity index (χ1n) is 10.6. The number of hydrogen-bond acceptors (Lipinski definition) is 3. The third-order valence-corrected chi connectivity index (χ3v) is 5.79. The van der Waals surface area contributed by atoms with Crippen molar-refractivity contribution in [1.29, 1.82) is 0 Å². The summed E-state index contributed by atoms with van der Waals surface area (Å²) in [6.07, 6.45) is 2.77. The Labute approximate surface area is 194 Å². The predicted octanol–water partition coefficient (Wildman–Crippen LogP) is 5.27. The van der Waals surface area contributed by atoms with Crippen molar-refractivity contribution in [2.45, 2.75) is 52.6 Å². The van der Waals surface area contributed by atoms with Gasteiger partial charge in [0.1, 0.15) is 11.8 Å². The van der Waals surface area contributed by atoms with Crippen molar-refractivity contribution in [2.75, 3.05) is 13.2 Å². The highest BCUT2D eigenvalue weighted by atomic mass is 35.5. The van der Waals surface area contributed by atoms with Crippen LogP contribution in [0.15, 0.2) is 42.5 Å². The van der Waals surface area contributed by atoms with Crippen LogP contribution in [-0.4, -0.2) is 35.9 Å². The third-order valence-electron chi connectivity index (χ3n) is 5.08. The summed E-state index contributed by atoms with van der Waals surface area (Å²) in [5.74, 6) is 0.0484. The number of benzene rings is 2. The Bertz CT molecular complexity index is 851. The van der Waals surface area contributed by atoms with Gasteiger partial charge in [0, 0.05) is 28.7 Å². The maximum atomic E-state index is 13.1. The molecule has 2 rings (SSSR count). The second kappa shape index (κ2) is 12.6. The van der Waals surface area contributed by atoms with Crippen LogP contribution < -0.4 is 10.1 Å². The number of aryl methyl sites for hydroxylation is 1. The lowest BCUT2D eigenvalue weighted by molar-refractivity contribution is -0.142. The fourth-order valence-corrected chi connectivity index (χ4v) is 3.54. The number of rotatable bonds is 11. The maximum absolute atomic E-state index is 13.1. The maximum Gasteiger partial charge on any atom is 0.261 e. The van der Waals surface area contributed by atoms with Gasteiger partial charge in [0.2, 0.25) is 5.91 Å². The number of hydrogen-bond donors (Lipinski definition) is 1. The first-order chi connectivity index (χ1) is 14.9. The molecular weight excluding hydrogens is 435 g/mol. The van der Waals surface area contributed by atoms with Gasteiger partial charge in [0.25, 0.3) is 5.91 Å². The van der Waals surface area contributed by atoms with Gasteiger partial charge in [-0.05, 0) is 49.6 Å². The van der Waals surface area contributed by atoms with E-state index in [-0.39, 0.29) is 25.0 Å². The Hall–Kier alpha value is -2.24. The molecule has 5 nitrogen and oxygen atoms in total. The van der Waals surface area contributed by atoms with E-state index in [1.165, 1.54) is 10.5 Å². The largest absolute Gasteiger partial charge is 0.484 e. The minimum absolute atomic E-state index is 0.109. The summed E-state index contributed by atoms with van der Waals surface area (Å²) in [7, 11) is 0. The van der Waals surface area contributed by atoms with E-state index >= 15 is 0 Å². The molecule has 0 bridgehead atoms. The number of amides is 2. The number of unbranched alkanes of at least 4 members (excludes halogenated alkanes) is 1. The number of halogens is 2. The van der Waals surface area contributed by atoms with Crippen LogP contribution in [0.1, 0.15) is 44.7 Å². The van der Waals surface area contributed by atoms with Crippen LogP contribution in [0.25, 0.3) is 0 Å². The minimum Gasteiger partial charge on any atom is -0.484 e. The topological polar surface area (TPSA) is 58.6 Å². The van der Waals surface area contributed by atoms with Crippen LogP contribution >= 0.6 is 23.2 Å². The van der Waals surface area contributed by atoms with E-state index in [4.69, 9.17) is 27.9 Å². The summed E-state index contributed by atoms with van der Waals surface area (Å²) in [6, 6.07) is 12.1. The molecule has 0 saturated carbocycles. The minimum atomic E-state index is -0.706. The summed E-state index contributed by atoms with van der Waals surface area (Å²) < 4.78 is 5.69. The molecule has 1 atom stereocenters. The molecule has 0 heterocycles. The van der Waals surface area contributed by atoms with Crippen molar-refractivity contribution in [1.82, 2.24) is 10.2 Å². The molecule has 0 spiro atoms. The zero-order chi connectivity index (χ0) is 22.8. The van der Waals surface area contributed by atoms with E-state index < -0.39 is 6.04 Å². The lowest BCUT2D eigenvalue weighted by Crippen LogP contribution is -2.49. The first-order valence-corrected chi connectivity index (χ1v) is 11.3. The van der Waals surface area contributed by atoms with E-state index in [0.29, 0.717) is 27.9 Å². The molecule has 2 aromatic rings. The molecule has 2 amide bonds. The summed E-state index contributed by atoms with van der Waals surface area (Å²) >= 11 is 12.6. The summed E-state index contributed by atoms with van der Waals surface area (Å²) in [6.45, 7) is 6.30. The quantitative estimate of drug-likeness (QED) is 0.460. The molecule has 0 aliphatic heterocycles. The fourth-order valence-electron chi connectivity index (χ4n) is 3.02. The SMILES string of the molecule is CCCCNC(=O)C(C)N(Cc1c(Cl)cccc1Cl)C(=O)COc1ccc(CC)cc1. The van der Waals surface area contributed by atoms with Crippen LogP contribution in [0.5, 0.6) is 5.75 Å². The second-order valence-corrected chi connectivity index (χ2v) is 8.14. The molecule has 7 heteroatoms. The molecule has 168 valence electrons. The molecule has 0 fully saturated rings. The zero-order valence-corrected chi connectivity index (χ0v) is 19.8. The number of ether oxygens (including phenoxy) is 1. The van der Waals surface area contributed by atoms with Gasteiger partial charge in [0.15, 0.2) is 6.61 Å². The van der Waals surface area contributed by atoms with Crippen molar-refractivity contribution in [3.05, 3.63) is 63.6 Å². The normalized spacial score (nSPS) is 11.6. The Morgan fingerprint density at radius 1 is 1.06 bits per heavy atom. The highest BCUT2D eigenvalue weighted by Crippen LogP contribution is 2.26. The van der Waals surface area contributed by atoms with Crippen LogP contribution in [-0.2, 0) is 22.6 Å². The van der Waals surface area contributed by atoms with Crippen LogP contribution in [0.2, 0.25) is 10.0 Å². The van der Waals surface area contributed by atoms with E-state index in [2.05, 4.69) is 19.2 Å². The number of carbonyl (C=O) groups is 2. The van der Waals surface area contributed by atoms with Crippen LogP contribution in [0, 0.1) is 0 Å². The van der Waals surface area contributed by atoms with Gasteiger partial charge in [-0.25, -0.2) is 0 Å². The molecule has 0 aliphatic carbocycles. The molecule has 31 heavy (non-hydrogen) atoms. The van der Waals surface area contributed by atoms with Crippen molar-refractivity contribution >= 4 is 35.0 Å². The average molecular weight is 465 g/mol. The number of carbonyl (C=O) groups excluding carboxylic acids is 2. The highest BCUT2D eigenvalue weighted by Gasteiger charge is 2.27. The van der Waals surface area contributed by atoms with E-state index in [9.17, 15) is 9.59 Å². The van der Waals surface area contributed by atoms with Gasteiger partial charge in [-0.1, -0.05) is 61.7 Å². The van der Waals surface area contributed by atoms with Crippen molar-refractivity contribution in [3.63, 3.8) is 0 Å². The van der Waals surface area contributed by atoms with Gasteiger partial charge in [-0.3, -0.25) is 9.59 Å². The number of nitrogens with one attached hydrogen (secondary N) is 1. The summed E-state index contributed by atoms with van der Waals surface area (Å²) in [4.78, 5) is 27.2. The van der Waals surface area contributed by atoms with Crippen LogP contribution in [0.3, 0.4) is 0 Å². The molecule has 0 aliphatic rings. The van der Waals surface area contributed by atoms with Gasteiger partial charge < -0.3 is 15.0 Å². The van der Waals surface area contributed by atoms with E-state index in [1.807, 2.05) is 24.3 Å². The van der Waals surface area contributed by atoms with Gasteiger partial charge in [0.05, 0.1) is 0 Å². The molecule has 0 radical (unpaired) electrons. The first kappa shape index (κ1) is 25.0. The lowest BCUT2D eigenvalue weighted by atomic mass is 10.1. The Morgan fingerprint density at radius 3 is 2.29 bits per heavy atom. The Balaban J connectivity index is 2.16. The molecule has 0 saturated heterocycles. The predicted molar refractivity (Wildman–Crippen MR) is 126 cm³/mol. The summed E-state index contributed by atoms with van der Waals surface area (Å²) in [5.41, 5.74) is 1.78. The van der Waals surface area contributed by atoms with Crippen molar-refractivity contribution < 1.29 is 14.3 Å². The molecule has 1 N–H and O–H groups in total. The second-order valence-electron chi connectivity index (χ2n) is 7.33. The highest BCUT2D eigenvalue weighted by molar-refractivity contribution is 6.36. The smallest absolute Gasteiger partial charge is 0.261 e. The molecule has 2 aromatic carbocycles. The van der Waals surface area contributed by atoms with E-state index in [1.54, 1.807) is 25.1 Å². The monoisotopic (exact) mass is 464 g/mol. The fraction of sp³-hybridized carbons (Fsp3) is 0.417. The van der Waals surface area contributed by atoms with Gasteiger partial charge in [-0.15, -0.1) is 0 Å². The Morgan fingerprint density at radius 2 is 1.71 bits per heavy atom. The standard InChI is InChI=1S/C24H30Cl2N2O3/c1-4-6-14-27-24(30)17(3)28(15-20-21(25)8-7-9-22(20)26)23(29)16-31-19-12-10-18(5-2)11-13-19/h7-13,17H,4-6,14-16H2,1-3H3,(H,27,30). The van der Waals surface area contributed by atoms with Crippen LogP contribution in [0.4, 0.5) is 0 Å². The molecular formula is C24H30Cl2N2O3. The van der Waals surface area contributed by atoms with Crippen molar-refractivity contribution in [3.8, 4) is 5.75 Å². The van der Waals surface area contributed by atoms with Gasteiger partial charge in [-0.2, -0.15) is 0 Å². The summed E-state index contributed by atoms with van der Waals surface area (Å²) in [5, 5.41) is 3.77. The van der Waals surface area contributed by atoms with Crippen molar-refractivity contribution in [2.24, 2.45) is 0 Å². The lowest BCUT2D eigenvalue weighted by Gasteiger charge is -2.29. The third kappa shape index (κ3) is 7.44. The van der Waals surface area contributed by atoms with Gasteiger partial charge >= 0.3 is 0 Å². The number of nitrogens with zero attached hydrogens (tertiary/aromatic N) is 1. The zero-order valence-electron chi connectivity index (χ0n) is 18.3. The molecule has 1 unspecified atom stereocenters. The molecule has 0 aromatic heterocycles. The average Bonchev–Trinajstić information content (AvgIpc) is 2.77. The Kier molecular flexibility index (Phi) is 10.2.